The van der Waals surface area contributed by atoms with Crippen molar-refractivity contribution in [1.29, 1.82) is 0 Å². The van der Waals surface area contributed by atoms with Crippen LogP contribution in [0.1, 0.15) is 168 Å². The maximum absolute atomic E-state index is 4.25. The molecule has 0 atom stereocenters. The van der Waals surface area contributed by atoms with Crippen molar-refractivity contribution in [3.8, 4) is 0 Å². The molecule has 0 N–H and O–H groups in total. The normalized spacial score (nSPS) is 10.5. The lowest BCUT2D eigenvalue weighted by Gasteiger charge is -2.06. The van der Waals surface area contributed by atoms with Gasteiger partial charge in [0.2, 0.25) is 0 Å². The molecule has 0 aromatic rings. The number of allylic oxidation sites excluding steroid dienone is 2. The van der Waals surface area contributed by atoms with Gasteiger partial charge in [0.1, 0.15) is 0 Å². The van der Waals surface area contributed by atoms with Gasteiger partial charge in [0.15, 0.2) is 0 Å². The van der Waals surface area contributed by atoms with Crippen LogP contribution in [0, 0.1) is 0 Å². The summed E-state index contributed by atoms with van der Waals surface area (Å²) in [4.78, 5) is 0. The maximum Gasteiger partial charge on any atom is -0.0323 e. The topological polar surface area (TPSA) is 0 Å². The van der Waals surface area contributed by atoms with E-state index >= 15 is 0 Å². The van der Waals surface area contributed by atoms with Crippen LogP contribution in [0.5, 0.6) is 0 Å². The molecule has 0 spiro atoms. The highest BCUT2D eigenvalue weighted by Gasteiger charge is 1.97. The molecular formula is C30H60. The second kappa shape index (κ2) is 30.7. The molecule has 0 aromatic heterocycles. The zero-order chi connectivity index (χ0) is 22.5. The Morgan fingerprint density at radius 2 is 0.767 bits per heavy atom. The third-order valence-electron chi connectivity index (χ3n) is 6.03. The zero-order valence-corrected chi connectivity index (χ0v) is 21.8. The van der Waals surface area contributed by atoms with E-state index < -0.39 is 0 Å². The molecule has 0 bridgehead atoms. The SMILES string of the molecule is C=C(CCCCCCCC)CCCCCCCCCC.C=CCCCCCCCC. The molecular weight excluding hydrogens is 360 g/mol. The summed E-state index contributed by atoms with van der Waals surface area (Å²) in [5.41, 5.74) is 1.51. The van der Waals surface area contributed by atoms with E-state index in [4.69, 9.17) is 0 Å². The molecule has 0 fully saturated rings. The van der Waals surface area contributed by atoms with Crippen LogP contribution in [0.3, 0.4) is 0 Å². The summed E-state index contributed by atoms with van der Waals surface area (Å²) < 4.78 is 0. The van der Waals surface area contributed by atoms with Crippen molar-refractivity contribution < 1.29 is 0 Å². The second-order valence-corrected chi connectivity index (χ2v) is 9.34. The highest BCUT2D eigenvalue weighted by Crippen LogP contribution is 2.17. The average molecular weight is 421 g/mol. The van der Waals surface area contributed by atoms with Crippen molar-refractivity contribution in [2.45, 2.75) is 168 Å². The fourth-order valence-electron chi connectivity index (χ4n) is 3.86. The van der Waals surface area contributed by atoms with E-state index in [2.05, 4.69) is 33.9 Å². The van der Waals surface area contributed by atoms with Crippen molar-refractivity contribution >= 4 is 0 Å². The average Bonchev–Trinajstić information content (AvgIpc) is 2.75. The standard InChI is InChI=1S/C20H40.C10H20/c1-4-6-8-10-12-13-15-17-19-20(3)18-16-14-11-9-7-5-2;1-3-5-7-9-10-8-6-4-2/h3-19H2,1-2H3;3H,1,4-10H2,2H3. The van der Waals surface area contributed by atoms with Crippen molar-refractivity contribution in [3.63, 3.8) is 0 Å². The van der Waals surface area contributed by atoms with Crippen molar-refractivity contribution in [2.24, 2.45) is 0 Å². The van der Waals surface area contributed by atoms with Gasteiger partial charge in [-0.1, -0.05) is 148 Å². The Morgan fingerprint density at radius 1 is 0.467 bits per heavy atom. The molecule has 0 amide bonds. The van der Waals surface area contributed by atoms with Crippen LogP contribution >= 0.6 is 0 Å². The van der Waals surface area contributed by atoms with E-state index in [0.717, 1.165) is 0 Å². The third-order valence-corrected chi connectivity index (χ3v) is 6.03. The lowest BCUT2D eigenvalue weighted by Crippen LogP contribution is -1.86. The van der Waals surface area contributed by atoms with Crippen molar-refractivity contribution in [3.05, 3.63) is 24.8 Å². The van der Waals surface area contributed by atoms with Gasteiger partial charge in [0, 0.05) is 0 Å². The van der Waals surface area contributed by atoms with Gasteiger partial charge in [-0.15, -0.1) is 6.58 Å². The Morgan fingerprint density at radius 3 is 1.10 bits per heavy atom. The summed E-state index contributed by atoms with van der Waals surface area (Å²) in [5.74, 6) is 0. The Labute approximate surface area is 193 Å². The predicted molar refractivity (Wildman–Crippen MR) is 143 cm³/mol. The molecule has 0 aliphatic rings. The molecule has 0 radical (unpaired) electrons. The Bertz CT molecular complexity index is 314. The Kier molecular flexibility index (Phi) is 32.4. The van der Waals surface area contributed by atoms with Gasteiger partial charge in [-0.25, -0.2) is 0 Å². The molecule has 0 saturated heterocycles. The lowest BCUT2D eigenvalue weighted by molar-refractivity contribution is 0.567. The van der Waals surface area contributed by atoms with Gasteiger partial charge >= 0.3 is 0 Å². The highest BCUT2D eigenvalue weighted by atomic mass is 14.0. The molecule has 180 valence electrons. The predicted octanol–water partition coefficient (Wildman–Crippen LogP) is 11.7. The molecule has 0 heterocycles. The summed E-state index contributed by atoms with van der Waals surface area (Å²) >= 11 is 0. The van der Waals surface area contributed by atoms with Crippen molar-refractivity contribution in [1.82, 2.24) is 0 Å². The van der Waals surface area contributed by atoms with E-state index in [-0.39, 0.29) is 0 Å². The van der Waals surface area contributed by atoms with Crippen LogP contribution in [0.4, 0.5) is 0 Å². The van der Waals surface area contributed by atoms with Gasteiger partial charge in [-0.05, 0) is 38.5 Å². The van der Waals surface area contributed by atoms with Crippen molar-refractivity contribution in [2.75, 3.05) is 0 Å². The summed E-state index contributed by atoms with van der Waals surface area (Å²) in [6.45, 7) is 14.8. The van der Waals surface area contributed by atoms with Crippen LogP contribution < -0.4 is 0 Å². The van der Waals surface area contributed by atoms with Gasteiger partial charge in [-0.3, -0.25) is 0 Å². The van der Waals surface area contributed by atoms with Crippen LogP contribution in [0.2, 0.25) is 0 Å². The number of rotatable bonds is 23. The summed E-state index contributed by atoms with van der Waals surface area (Å²) in [6.07, 6.45) is 33.9. The molecule has 0 aromatic carbocycles. The van der Waals surface area contributed by atoms with E-state index in [1.165, 1.54) is 153 Å². The molecule has 0 rings (SSSR count). The zero-order valence-electron chi connectivity index (χ0n) is 21.8. The number of unbranched alkanes of at least 4 members (excludes halogenated alkanes) is 18. The Hall–Kier alpha value is -0.520. The van der Waals surface area contributed by atoms with Crippen LogP contribution in [-0.2, 0) is 0 Å². The largest absolute Gasteiger partial charge is 0.103 e. The highest BCUT2D eigenvalue weighted by molar-refractivity contribution is 4.93. The molecule has 30 heavy (non-hydrogen) atoms. The Balaban J connectivity index is 0. The fourth-order valence-corrected chi connectivity index (χ4v) is 3.86. The minimum Gasteiger partial charge on any atom is -0.103 e. The smallest absolute Gasteiger partial charge is 0.0323 e. The van der Waals surface area contributed by atoms with Gasteiger partial charge < -0.3 is 0 Å². The number of hydrogen-bond donors (Lipinski definition) is 0. The number of hydrogen-bond acceptors (Lipinski definition) is 0. The molecule has 0 saturated carbocycles. The molecule has 0 aliphatic heterocycles. The summed E-state index contributed by atoms with van der Waals surface area (Å²) in [6, 6.07) is 0. The molecule has 0 heteroatoms. The van der Waals surface area contributed by atoms with Crippen LogP contribution in [-0.4, -0.2) is 0 Å². The van der Waals surface area contributed by atoms with E-state index in [0.29, 0.717) is 0 Å². The molecule has 0 aliphatic carbocycles. The molecule has 0 nitrogen and oxygen atoms in total. The monoisotopic (exact) mass is 420 g/mol. The first-order valence-corrected chi connectivity index (χ1v) is 14.0. The third kappa shape index (κ3) is 32.2. The first-order chi connectivity index (χ1) is 14.7. The van der Waals surface area contributed by atoms with Crippen LogP contribution in [0.25, 0.3) is 0 Å². The maximum atomic E-state index is 4.25. The quantitative estimate of drug-likeness (QED) is 0.114. The van der Waals surface area contributed by atoms with Gasteiger partial charge in [0.05, 0.1) is 0 Å². The van der Waals surface area contributed by atoms with E-state index in [9.17, 15) is 0 Å². The van der Waals surface area contributed by atoms with Gasteiger partial charge in [-0.2, -0.15) is 0 Å². The summed E-state index contributed by atoms with van der Waals surface area (Å²) in [7, 11) is 0. The lowest BCUT2D eigenvalue weighted by atomic mass is 10.0. The van der Waals surface area contributed by atoms with Gasteiger partial charge in [0.25, 0.3) is 0 Å². The summed E-state index contributed by atoms with van der Waals surface area (Å²) in [5, 5.41) is 0. The minimum atomic E-state index is 1.20. The molecule has 0 unspecified atom stereocenters. The first-order valence-electron chi connectivity index (χ1n) is 14.0. The fraction of sp³-hybridized carbons (Fsp3) is 0.867. The minimum absolute atomic E-state index is 1.20. The second-order valence-electron chi connectivity index (χ2n) is 9.34. The van der Waals surface area contributed by atoms with E-state index in [1.54, 1.807) is 0 Å². The van der Waals surface area contributed by atoms with Crippen LogP contribution in [0.15, 0.2) is 24.8 Å². The first kappa shape index (κ1) is 31.7. The van der Waals surface area contributed by atoms with E-state index in [1.807, 2.05) is 6.08 Å².